The zero-order valence-corrected chi connectivity index (χ0v) is 15.9. The number of hydrogen-bond acceptors (Lipinski definition) is 5. The summed E-state index contributed by atoms with van der Waals surface area (Å²) in [5.41, 5.74) is 1.38. The summed E-state index contributed by atoms with van der Waals surface area (Å²) in [5.74, 6) is 0.211. The SMILES string of the molecule is COc1ccccc1NC(=O)CN(C)CC(=O)Nc1ccccc1SC. The predicted octanol–water partition coefficient (Wildman–Crippen LogP) is 2.93. The number of anilines is 2. The van der Waals surface area contributed by atoms with Crippen LogP contribution >= 0.6 is 11.8 Å². The second-order valence-corrected chi connectivity index (χ2v) is 6.52. The fraction of sp³-hybridized carbons (Fsp3) is 0.263. The first-order chi connectivity index (χ1) is 12.5. The Morgan fingerprint density at radius 1 is 0.962 bits per heavy atom. The third-order valence-corrected chi connectivity index (χ3v) is 4.38. The number of rotatable bonds is 8. The van der Waals surface area contributed by atoms with Crippen molar-refractivity contribution in [1.29, 1.82) is 0 Å². The zero-order chi connectivity index (χ0) is 18.9. The molecule has 2 aromatic carbocycles. The number of benzene rings is 2. The number of amides is 2. The maximum absolute atomic E-state index is 12.2. The van der Waals surface area contributed by atoms with Gasteiger partial charge in [0, 0.05) is 4.90 Å². The Kier molecular flexibility index (Phi) is 7.50. The molecular weight excluding hydrogens is 350 g/mol. The van der Waals surface area contributed by atoms with E-state index < -0.39 is 0 Å². The molecule has 0 saturated heterocycles. The van der Waals surface area contributed by atoms with Crippen molar-refractivity contribution < 1.29 is 14.3 Å². The second-order valence-electron chi connectivity index (χ2n) is 5.67. The number of methoxy groups -OCH3 is 1. The van der Waals surface area contributed by atoms with E-state index in [0.29, 0.717) is 11.4 Å². The number of hydrogen-bond donors (Lipinski definition) is 2. The van der Waals surface area contributed by atoms with Gasteiger partial charge in [0.25, 0.3) is 0 Å². The molecule has 0 spiro atoms. The van der Waals surface area contributed by atoms with Gasteiger partial charge in [-0.1, -0.05) is 24.3 Å². The van der Waals surface area contributed by atoms with E-state index in [-0.39, 0.29) is 24.9 Å². The molecule has 26 heavy (non-hydrogen) atoms. The Morgan fingerprint density at radius 2 is 1.50 bits per heavy atom. The van der Waals surface area contributed by atoms with E-state index in [9.17, 15) is 9.59 Å². The van der Waals surface area contributed by atoms with Crippen LogP contribution in [0, 0.1) is 0 Å². The quantitative estimate of drug-likeness (QED) is 0.696. The highest BCUT2D eigenvalue weighted by Gasteiger charge is 2.13. The highest BCUT2D eigenvalue weighted by Crippen LogP contribution is 2.24. The topological polar surface area (TPSA) is 70.7 Å². The number of likely N-dealkylation sites (N-methyl/N-ethyl adjacent to an activating group) is 1. The van der Waals surface area contributed by atoms with Crippen molar-refractivity contribution >= 4 is 35.0 Å². The molecule has 0 radical (unpaired) electrons. The average Bonchev–Trinajstić information content (AvgIpc) is 2.62. The molecule has 0 aliphatic heterocycles. The summed E-state index contributed by atoms with van der Waals surface area (Å²) in [7, 11) is 3.27. The van der Waals surface area contributed by atoms with Gasteiger partial charge in [0.05, 0.1) is 31.6 Å². The van der Waals surface area contributed by atoms with Gasteiger partial charge in [-0.2, -0.15) is 0 Å². The monoisotopic (exact) mass is 373 g/mol. The molecule has 0 fully saturated rings. The Hall–Kier alpha value is -2.51. The van der Waals surface area contributed by atoms with Crippen LogP contribution in [0.15, 0.2) is 53.4 Å². The molecular formula is C19H23N3O3S. The smallest absolute Gasteiger partial charge is 0.238 e. The lowest BCUT2D eigenvalue weighted by molar-refractivity contribution is -0.119. The lowest BCUT2D eigenvalue weighted by atomic mass is 10.3. The lowest BCUT2D eigenvalue weighted by Gasteiger charge is -2.17. The van der Waals surface area contributed by atoms with Gasteiger partial charge in [0.15, 0.2) is 0 Å². The van der Waals surface area contributed by atoms with Gasteiger partial charge in [-0.15, -0.1) is 11.8 Å². The number of para-hydroxylation sites is 3. The van der Waals surface area contributed by atoms with Crippen LogP contribution in [0.4, 0.5) is 11.4 Å². The Bertz CT molecular complexity index is 704. The van der Waals surface area contributed by atoms with Gasteiger partial charge >= 0.3 is 0 Å². The van der Waals surface area contributed by atoms with Crippen molar-refractivity contribution in [2.75, 3.05) is 44.1 Å². The molecule has 0 aromatic heterocycles. The second kappa shape index (κ2) is 9.84. The largest absolute Gasteiger partial charge is 0.495 e. The van der Waals surface area contributed by atoms with E-state index in [4.69, 9.17) is 4.74 Å². The van der Waals surface area contributed by atoms with E-state index in [1.165, 1.54) is 0 Å². The number of carbonyl (C=O) groups excluding carboxylic acids is 2. The summed E-state index contributed by atoms with van der Waals surface area (Å²) < 4.78 is 5.21. The van der Waals surface area contributed by atoms with Crippen LogP contribution in [0.1, 0.15) is 0 Å². The minimum absolute atomic E-state index is 0.0929. The molecule has 0 saturated carbocycles. The summed E-state index contributed by atoms with van der Waals surface area (Å²) in [4.78, 5) is 27.1. The molecule has 0 aliphatic rings. The van der Waals surface area contributed by atoms with Gasteiger partial charge in [-0.25, -0.2) is 0 Å². The molecule has 6 nitrogen and oxygen atoms in total. The molecule has 7 heteroatoms. The molecule has 2 rings (SSSR count). The zero-order valence-electron chi connectivity index (χ0n) is 15.1. The Morgan fingerprint density at radius 3 is 2.12 bits per heavy atom. The van der Waals surface area contributed by atoms with Gasteiger partial charge < -0.3 is 15.4 Å². The van der Waals surface area contributed by atoms with E-state index >= 15 is 0 Å². The van der Waals surface area contributed by atoms with Crippen molar-refractivity contribution in [1.82, 2.24) is 4.90 Å². The fourth-order valence-electron chi connectivity index (χ4n) is 2.42. The molecule has 0 atom stereocenters. The summed E-state index contributed by atoms with van der Waals surface area (Å²) in [5, 5.41) is 5.67. The Balaban J connectivity index is 1.86. The van der Waals surface area contributed by atoms with Gasteiger partial charge in [0.2, 0.25) is 11.8 Å². The third kappa shape index (κ3) is 5.79. The van der Waals surface area contributed by atoms with Gasteiger partial charge in [0.1, 0.15) is 5.75 Å². The van der Waals surface area contributed by atoms with E-state index in [2.05, 4.69) is 10.6 Å². The molecule has 0 unspecified atom stereocenters. The van der Waals surface area contributed by atoms with Crippen molar-refractivity contribution in [3.05, 3.63) is 48.5 Å². The number of nitrogens with one attached hydrogen (secondary N) is 2. The maximum atomic E-state index is 12.2. The van der Waals surface area contributed by atoms with Crippen LogP contribution in [-0.4, -0.2) is 50.2 Å². The third-order valence-electron chi connectivity index (χ3n) is 3.59. The number of nitrogens with zero attached hydrogens (tertiary/aromatic N) is 1. The van der Waals surface area contributed by atoms with E-state index in [0.717, 1.165) is 10.6 Å². The molecule has 0 heterocycles. The minimum Gasteiger partial charge on any atom is -0.495 e. The summed E-state index contributed by atoms with van der Waals surface area (Å²) >= 11 is 1.57. The number of thioether (sulfide) groups is 1. The molecule has 138 valence electrons. The first-order valence-electron chi connectivity index (χ1n) is 8.07. The van der Waals surface area contributed by atoms with Crippen LogP contribution in [-0.2, 0) is 9.59 Å². The summed E-state index contributed by atoms with van der Waals surface area (Å²) in [6.07, 6.45) is 1.96. The van der Waals surface area contributed by atoms with E-state index in [1.807, 2.05) is 42.7 Å². The maximum Gasteiger partial charge on any atom is 0.238 e. The van der Waals surface area contributed by atoms with E-state index in [1.54, 1.807) is 43.0 Å². The summed E-state index contributed by atoms with van der Waals surface area (Å²) in [6.45, 7) is 0.206. The van der Waals surface area contributed by atoms with Crippen LogP contribution in [0.25, 0.3) is 0 Å². The minimum atomic E-state index is -0.214. The molecule has 2 aromatic rings. The van der Waals surface area contributed by atoms with Crippen molar-refractivity contribution in [3.63, 3.8) is 0 Å². The highest BCUT2D eigenvalue weighted by molar-refractivity contribution is 7.98. The van der Waals surface area contributed by atoms with Crippen LogP contribution in [0.3, 0.4) is 0 Å². The average molecular weight is 373 g/mol. The van der Waals surface area contributed by atoms with Crippen LogP contribution in [0.2, 0.25) is 0 Å². The highest BCUT2D eigenvalue weighted by atomic mass is 32.2. The fourth-order valence-corrected chi connectivity index (χ4v) is 2.98. The predicted molar refractivity (Wildman–Crippen MR) is 106 cm³/mol. The van der Waals surface area contributed by atoms with Crippen LogP contribution < -0.4 is 15.4 Å². The Labute approximate surface area is 157 Å². The standard InChI is InChI=1S/C19H23N3O3S/c1-22(12-18(23)20-14-8-4-6-10-16(14)25-2)13-19(24)21-15-9-5-7-11-17(15)26-3/h4-11H,12-13H2,1-3H3,(H,20,23)(H,21,24). The van der Waals surface area contributed by atoms with Gasteiger partial charge in [-0.05, 0) is 37.6 Å². The van der Waals surface area contributed by atoms with Crippen LogP contribution in [0.5, 0.6) is 5.75 Å². The van der Waals surface area contributed by atoms with Crippen molar-refractivity contribution in [2.24, 2.45) is 0 Å². The summed E-state index contributed by atoms with van der Waals surface area (Å²) in [6, 6.07) is 14.8. The first kappa shape index (κ1) is 19.8. The first-order valence-corrected chi connectivity index (χ1v) is 9.30. The molecule has 2 amide bonds. The molecule has 2 N–H and O–H groups in total. The molecule has 0 aliphatic carbocycles. The number of carbonyl (C=O) groups is 2. The number of ether oxygens (including phenoxy) is 1. The molecule has 0 bridgehead atoms. The lowest BCUT2D eigenvalue weighted by Crippen LogP contribution is -2.36. The van der Waals surface area contributed by atoms with Gasteiger partial charge in [-0.3, -0.25) is 14.5 Å². The van der Waals surface area contributed by atoms with Crippen molar-refractivity contribution in [2.45, 2.75) is 4.90 Å². The van der Waals surface area contributed by atoms with Crippen molar-refractivity contribution in [3.8, 4) is 5.75 Å². The normalized spacial score (nSPS) is 10.5.